The Morgan fingerprint density at radius 1 is 1.35 bits per heavy atom. The topological polar surface area (TPSA) is 87.5 Å². The van der Waals surface area contributed by atoms with Crippen molar-refractivity contribution in [1.82, 2.24) is 14.8 Å². The van der Waals surface area contributed by atoms with Gasteiger partial charge >= 0.3 is 5.97 Å². The van der Waals surface area contributed by atoms with Gasteiger partial charge in [-0.3, -0.25) is 0 Å². The molecule has 0 amide bonds. The van der Waals surface area contributed by atoms with Gasteiger partial charge in [-0.1, -0.05) is 17.7 Å². The van der Waals surface area contributed by atoms with Crippen LogP contribution < -0.4 is 10.1 Å². The minimum absolute atomic E-state index is 0.159. The van der Waals surface area contributed by atoms with Gasteiger partial charge in [0.1, 0.15) is 24.7 Å². The van der Waals surface area contributed by atoms with Crippen LogP contribution in [0.25, 0.3) is 0 Å². The van der Waals surface area contributed by atoms with E-state index in [1.807, 2.05) is 6.07 Å². The van der Waals surface area contributed by atoms with Crippen molar-refractivity contribution in [3.8, 4) is 5.75 Å². The first-order valence-electron chi connectivity index (χ1n) is 7.93. The third-order valence-corrected chi connectivity index (χ3v) is 4.32. The van der Waals surface area contributed by atoms with Crippen molar-refractivity contribution in [2.45, 2.75) is 13.0 Å². The number of ether oxygens (including phenoxy) is 3. The van der Waals surface area contributed by atoms with Gasteiger partial charge in [-0.25, -0.2) is 9.48 Å². The molecule has 0 saturated carbocycles. The Morgan fingerprint density at radius 3 is 2.85 bits per heavy atom. The highest BCUT2D eigenvalue weighted by Crippen LogP contribution is 2.37. The largest absolute Gasteiger partial charge is 0.495 e. The Morgan fingerprint density at radius 2 is 2.15 bits per heavy atom. The zero-order valence-electron chi connectivity index (χ0n) is 14.7. The van der Waals surface area contributed by atoms with E-state index < -0.39 is 12.0 Å². The molecule has 0 fully saturated rings. The maximum atomic E-state index is 12.7. The van der Waals surface area contributed by atoms with Crippen LogP contribution in [0.5, 0.6) is 5.75 Å². The van der Waals surface area contributed by atoms with Crippen LogP contribution in [0.2, 0.25) is 5.02 Å². The van der Waals surface area contributed by atoms with Gasteiger partial charge in [0.2, 0.25) is 5.95 Å². The number of methoxy groups -OCH3 is 2. The van der Waals surface area contributed by atoms with Crippen LogP contribution in [-0.2, 0) is 14.3 Å². The van der Waals surface area contributed by atoms with Gasteiger partial charge < -0.3 is 19.5 Å². The predicted octanol–water partition coefficient (Wildman–Crippen LogP) is 2.42. The molecule has 1 aromatic heterocycles. The molecule has 2 aromatic rings. The van der Waals surface area contributed by atoms with E-state index in [-0.39, 0.29) is 6.61 Å². The first-order chi connectivity index (χ1) is 12.6. The molecule has 1 atom stereocenters. The lowest BCUT2D eigenvalue weighted by Gasteiger charge is -2.28. The third-order valence-electron chi connectivity index (χ3n) is 4.03. The number of aromatic nitrogens is 3. The van der Waals surface area contributed by atoms with Crippen molar-refractivity contribution in [3.05, 3.63) is 46.4 Å². The summed E-state index contributed by atoms with van der Waals surface area (Å²) in [5.74, 6) is 0.631. The maximum Gasteiger partial charge on any atom is 0.338 e. The Kier molecular flexibility index (Phi) is 5.43. The first-order valence-corrected chi connectivity index (χ1v) is 8.31. The predicted molar refractivity (Wildman–Crippen MR) is 95.3 cm³/mol. The van der Waals surface area contributed by atoms with E-state index in [1.165, 1.54) is 6.33 Å². The number of fused-ring (bicyclic) bond motifs is 1. The van der Waals surface area contributed by atoms with E-state index >= 15 is 0 Å². The summed E-state index contributed by atoms with van der Waals surface area (Å²) >= 11 is 6.28. The summed E-state index contributed by atoms with van der Waals surface area (Å²) < 4.78 is 17.1. The normalized spacial score (nSPS) is 16.1. The summed E-state index contributed by atoms with van der Waals surface area (Å²) in [6.07, 6.45) is 1.42. The Balaban J connectivity index is 2.03. The van der Waals surface area contributed by atoms with E-state index in [2.05, 4.69) is 15.4 Å². The van der Waals surface area contributed by atoms with Crippen LogP contribution in [0.1, 0.15) is 18.5 Å². The summed E-state index contributed by atoms with van der Waals surface area (Å²) in [6, 6.07) is 4.81. The fourth-order valence-electron chi connectivity index (χ4n) is 2.81. The van der Waals surface area contributed by atoms with E-state index in [0.29, 0.717) is 34.6 Å². The summed E-state index contributed by atoms with van der Waals surface area (Å²) in [5.41, 5.74) is 1.84. The van der Waals surface area contributed by atoms with Gasteiger partial charge in [-0.15, -0.1) is 0 Å². The second kappa shape index (κ2) is 7.76. The highest BCUT2D eigenvalue weighted by atomic mass is 35.5. The number of halogens is 1. The van der Waals surface area contributed by atoms with Crippen molar-refractivity contribution < 1.29 is 19.0 Å². The lowest BCUT2D eigenvalue weighted by molar-refractivity contribution is -0.140. The molecular weight excluding hydrogens is 360 g/mol. The molecule has 0 bridgehead atoms. The quantitative estimate of drug-likeness (QED) is 0.610. The second-order valence-electron chi connectivity index (χ2n) is 5.62. The van der Waals surface area contributed by atoms with E-state index in [0.717, 1.165) is 5.56 Å². The van der Waals surface area contributed by atoms with E-state index in [4.69, 9.17) is 25.8 Å². The number of hydrogen-bond acceptors (Lipinski definition) is 7. The molecule has 1 aromatic carbocycles. The molecule has 0 spiro atoms. The molecular formula is C17H19ClN4O4. The van der Waals surface area contributed by atoms with Gasteiger partial charge in [0.05, 0.1) is 24.3 Å². The van der Waals surface area contributed by atoms with Crippen molar-refractivity contribution in [2.24, 2.45) is 0 Å². The van der Waals surface area contributed by atoms with Crippen LogP contribution in [0.15, 0.2) is 35.8 Å². The van der Waals surface area contributed by atoms with Gasteiger partial charge in [0.15, 0.2) is 0 Å². The molecule has 1 aliphatic heterocycles. The maximum absolute atomic E-state index is 12.7. The molecule has 3 rings (SSSR count). The molecule has 1 N–H and O–H groups in total. The highest BCUT2D eigenvalue weighted by Gasteiger charge is 2.34. The van der Waals surface area contributed by atoms with Crippen molar-refractivity contribution >= 4 is 23.5 Å². The number of benzene rings is 1. The SMILES string of the molecule is COCCOC(=O)C1=C(C)Nc2ncnn2C1c1ccc(OC)c(Cl)c1. The molecule has 1 unspecified atom stereocenters. The van der Waals surface area contributed by atoms with Gasteiger partial charge in [0, 0.05) is 12.8 Å². The van der Waals surface area contributed by atoms with E-state index in [9.17, 15) is 4.79 Å². The van der Waals surface area contributed by atoms with Gasteiger partial charge in [-0.05, 0) is 24.6 Å². The van der Waals surface area contributed by atoms with Crippen LogP contribution in [0, 0.1) is 0 Å². The number of allylic oxidation sites excluding steroid dienone is 1. The lowest BCUT2D eigenvalue weighted by Crippen LogP contribution is -2.30. The molecule has 0 radical (unpaired) electrons. The Bertz CT molecular complexity index is 849. The molecule has 2 heterocycles. The number of nitrogens with zero attached hydrogens (tertiary/aromatic N) is 3. The molecule has 9 heteroatoms. The smallest absolute Gasteiger partial charge is 0.338 e. The monoisotopic (exact) mass is 378 g/mol. The first kappa shape index (κ1) is 18.2. The molecule has 26 heavy (non-hydrogen) atoms. The van der Waals surface area contributed by atoms with Gasteiger partial charge in [-0.2, -0.15) is 10.1 Å². The summed E-state index contributed by atoms with van der Waals surface area (Å²) in [4.78, 5) is 16.9. The van der Waals surface area contributed by atoms with Crippen LogP contribution in [0.4, 0.5) is 5.95 Å². The number of anilines is 1. The number of hydrogen-bond donors (Lipinski definition) is 1. The number of esters is 1. The number of rotatable bonds is 6. The molecule has 1 aliphatic rings. The van der Waals surface area contributed by atoms with Gasteiger partial charge in [0.25, 0.3) is 0 Å². The average Bonchev–Trinajstić information content (AvgIpc) is 3.08. The molecule has 8 nitrogen and oxygen atoms in total. The van der Waals surface area contributed by atoms with Crippen LogP contribution >= 0.6 is 11.6 Å². The Labute approximate surface area is 155 Å². The molecule has 138 valence electrons. The lowest BCUT2D eigenvalue weighted by atomic mass is 9.95. The summed E-state index contributed by atoms with van der Waals surface area (Å²) in [5, 5.41) is 7.77. The fourth-order valence-corrected chi connectivity index (χ4v) is 3.08. The average molecular weight is 379 g/mol. The second-order valence-corrected chi connectivity index (χ2v) is 6.02. The molecule has 0 saturated heterocycles. The van der Waals surface area contributed by atoms with Crippen molar-refractivity contribution in [1.29, 1.82) is 0 Å². The zero-order valence-corrected chi connectivity index (χ0v) is 15.4. The number of carbonyl (C=O) groups is 1. The Hall–Kier alpha value is -2.58. The number of carbonyl (C=O) groups excluding carboxylic acids is 1. The van der Waals surface area contributed by atoms with Crippen molar-refractivity contribution in [3.63, 3.8) is 0 Å². The number of nitrogens with one attached hydrogen (secondary N) is 1. The fraction of sp³-hybridized carbons (Fsp3) is 0.353. The standard InChI is InChI=1S/C17H19ClN4O4/c1-10-14(16(23)26-7-6-24-2)15(22-17(21-10)19-9-20-22)11-4-5-13(25-3)12(18)8-11/h4-5,8-9,15H,6-7H2,1-3H3,(H,19,20,21). The van der Waals surface area contributed by atoms with Crippen molar-refractivity contribution in [2.75, 3.05) is 32.8 Å². The minimum Gasteiger partial charge on any atom is -0.495 e. The summed E-state index contributed by atoms with van der Waals surface area (Å²) in [6.45, 7) is 2.27. The molecule has 0 aliphatic carbocycles. The van der Waals surface area contributed by atoms with Crippen LogP contribution in [-0.4, -0.2) is 48.2 Å². The third kappa shape index (κ3) is 3.38. The van der Waals surface area contributed by atoms with Crippen LogP contribution in [0.3, 0.4) is 0 Å². The summed E-state index contributed by atoms with van der Waals surface area (Å²) in [7, 11) is 3.09. The minimum atomic E-state index is -0.521. The zero-order chi connectivity index (χ0) is 18.7. The van der Waals surface area contributed by atoms with E-state index in [1.54, 1.807) is 38.0 Å². The highest BCUT2D eigenvalue weighted by molar-refractivity contribution is 6.32.